The van der Waals surface area contributed by atoms with Gasteiger partial charge in [0.1, 0.15) is 4.88 Å². The predicted molar refractivity (Wildman–Crippen MR) is 148 cm³/mol. The third-order valence-electron chi connectivity index (χ3n) is 5.84. The molecule has 1 heterocycles. The number of ketones is 1. The van der Waals surface area contributed by atoms with Crippen LogP contribution in [0.2, 0.25) is 0 Å². The zero-order valence-corrected chi connectivity index (χ0v) is 21.6. The smallest absolute Gasteiger partial charge is 0.269 e. The lowest BCUT2D eigenvalue weighted by molar-refractivity contribution is -0.384. The minimum atomic E-state index is -0.459. The third kappa shape index (κ3) is 5.16. The molecule has 4 rings (SSSR count). The lowest BCUT2D eigenvalue weighted by Crippen LogP contribution is -2.26. The molecule has 0 spiro atoms. The van der Waals surface area contributed by atoms with Crippen molar-refractivity contribution in [2.75, 3.05) is 9.80 Å². The van der Waals surface area contributed by atoms with Crippen molar-refractivity contribution < 1.29 is 9.72 Å². The zero-order chi connectivity index (χ0) is 25.8. The summed E-state index contributed by atoms with van der Waals surface area (Å²) in [6.45, 7) is 8.45. The molecule has 0 amide bonds. The Morgan fingerprint density at radius 2 is 1.28 bits per heavy atom. The fraction of sp³-hybridized carbons (Fsp3) is 0.207. The molecule has 0 saturated carbocycles. The highest BCUT2D eigenvalue weighted by molar-refractivity contribution is 7.18. The molecule has 0 fully saturated rings. The van der Waals surface area contributed by atoms with Crippen molar-refractivity contribution in [2.24, 2.45) is 0 Å². The van der Waals surface area contributed by atoms with Crippen LogP contribution in [0, 0.1) is 10.1 Å². The van der Waals surface area contributed by atoms with Crippen LogP contribution in [0.4, 0.5) is 27.8 Å². The lowest BCUT2D eigenvalue weighted by atomic mass is 10.1. The summed E-state index contributed by atoms with van der Waals surface area (Å²) >= 11 is 1.45. The summed E-state index contributed by atoms with van der Waals surface area (Å²) < 4.78 is 0. The fourth-order valence-electron chi connectivity index (χ4n) is 4.27. The Morgan fingerprint density at radius 1 is 0.778 bits per heavy atom. The van der Waals surface area contributed by atoms with Crippen LogP contribution in [0.25, 0.3) is 0 Å². The van der Waals surface area contributed by atoms with Crippen molar-refractivity contribution in [2.45, 2.75) is 39.8 Å². The van der Waals surface area contributed by atoms with Crippen molar-refractivity contribution in [1.29, 1.82) is 0 Å². The van der Waals surface area contributed by atoms with Gasteiger partial charge in [-0.1, -0.05) is 36.4 Å². The first-order valence-corrected chi connectivity index (χ1v) is 12.7. The minimum Gasteiger partial charge on any atom is -0.338 e. The normalized spacial score (nSPS) is 11.1. The van der Waals surface area contributed by atoms with Crippen LogP contribution >= 0.6 is 11.3 Å². The van der Waals surface area contributed by atoms with Gasteiger partial charge in [-0.05, 0) is 70.2 Å². The number of nitro groups is 1. The van der Waals surface area contributed by atoms with E-state index in [0.717, 1.165) is 22.1 Å². The Bertz CT molecular complexity index is 1330. The number of thiophene rings is 1. The molecule has 7 heteroatoms. The standard InChI is InChI=1S/C29H29N3O3S/c1-20(2)30(23-11-7-5-8-12-23)26-19-27(31(21(3)4)24-13-9-6-10-14-24)36-29(26)28(33)22-15-17-25(18-16-22)32(34)35/h5-21H,1-4H3. The van der Waals surface area contributed by atoms with Gasteiger partial charge >= 0.3 is 0 Å². The minimum absolute atomic E-state index is 0.0400. The average molecular weight is 500 g/mol. The lowest BCUT2D eigenvalue weighted by Gasteiger charge is -2.30. The number of rotatable bonds is 9. The maximum absolute atomic E-state index is 13.8. The van der Waals surface area contributed by atoms with Crippen molar-refractivity contribution in [3.63, 3.8) is 0 Å². The highest BCUT2D eigenvalue weighted by Crippen LogP contribution is 2.44. The van der Waals surface area contributed by atoms with Gasteiger partial charge in [0.05, 0.1) is 15.6 Å². The molecule has 0 unspecified atom stereocenters. The van der Waals surface area contributed by atoms with Gasteiger partial charge in [0.25, 0.3) is 5.69 Å². The molecule has 0 aliphatic heterocycles. The van der Waals surface area contributed by atoms with E-state index in [9.17, 15) is 14.9 Å². The van der Waals surface area contributed by atoms with Gasteiger partial charge in [-0.15, -0.1) is 11.3 Å². The third-order valence-corrected chi connectivity index (χ3v) is 6.97. The Balaban J connectivity index is 1.89. The first-order chi connectivity index (χ1) is 17.3. The summed E-state index contributed by atoms with van der Waals surface area (Å²) in [5, 5.41) is 12.1. The van der Waals surface area contributed by atoms with Gasteiger partial charge in [0.2, 0.25) is 5.78 Å². The number of nitro benzene ring substituents is 1. The number of nitrogens with zero attached hydrogens (tertiary/aromatic N) is 3. The SMILES string of the molecule is CC(C)N(c1ccccc1)c1cc(N(c2ccccc2)C(C)C)c(C(=O)c2ccc([N+](=O)[O-])cc2)s1. The van der Waals surface area contributed by atoms with Crippen molar-refractivity contribution in [1.82, 2.24) is 0 Å². The quantitative estimate of drug-likeness (QED) is 0.133. The van der Waals surface area contributed by atoms with Crippen LogP contribution in [0.5, 0.6) is 0 Å². The van der Waals surface area contributed by atoms with E-state index < -0.39 is 4.92 Å². The monoisotopic (exact) mass is 499 g/mol. The maximum atomic E-state index is 13.8. The molecule has 36 heavy (non-hydrogen) atoms. The molecule has 184 valence electrons. The van der Waals surface area contributed by atoms with Crippen LogP contribution < -0.4 is 9.80 Å². The van der Waals surface area contributed by atoms with Gasteiger partial charge < -0.3 is 9.80 Å². The Morgan fingerprint density at radius 3 is 1.75 bits per heavy atom. The number of hydrogen-bond acceptors (Lipinski definition) is 6. The zero-order valence-electron chi connectivity index (χ0n) is 20.8. The van der Waals surface area contributed by atoms with E-state index in [1.807, 2.05) is 48.5 Å². The molecule has 0 bridgehead atoms. The number of carbonyl (C=O) groups excluding carboxylic acids is 1. The molecule has 0 atom stereocenters. The predicted octanol–water partition coefficient (Wildman–Crippen LogP) is 7.98. The van der Waals surface area contributed by atoms with Gasteiger partial charge in [0.15, 0.2) is 0 Å². The molecule has 0 aliphatic carbocycles. The number of para-hydroxylation sites is 2. The highest BCUT2D eigenvalue weighted by Gasteiger charge is 2.27. The number of carbonyl (C=O) groups is 1. The van der Waals surface area contributed by atoms with Gasteiger partial charge in [-0.25, -0.2) is 0 Å². The summed E-state index contributed by atoms with van der Waals surface area (Å²) in [6, 6.07) is 28.3. The molecule has 1 aromatic heterocycles. The van der Waals surface area contributed by atoms with Crippen molar-refractivity contribution in [3.8, 4) is 0 Å². The molecular formula is C29H29N3O3S. The van der Waals surface area contributed by atoms with E-state index in [4.69, 9.17) is 0 Å². The van der Waals surface area contributed by atoms with E-state index in [2.05, 4.69) is 55.7 Å². The van der Waals surface area contributed by atoms with Crippen LogP contribution in [0.1, 0.15) is 42.9 Å². The average Bonchev–Trinajstić information content (AvgIpc) is 3.28. The molecule has 0 radical (unpaired) electrons. The summed E-state index contributed by atoms with van der Waals surface area (Å²) in [4.78, 5) is 29.5. The number of benzene rings is 3. The first kappa shape index (κ1) is 25.1. The molecule has 6 nitrogen and oxygen atoms in total. The second-order valence-corrected chi connectivity index (χ2v) is 10.1. The summed E-state index contributed by atoms with van der Waals surface area (Å²) in [5.41, 5.74) is 3.24. The van der Waals surface area contributed by atoms with E-state index in [0.29, 0.717) is 10.4 Å². The second-order valence-electron chi connectivity index (χ2n) is 9.03. The molecule has 0 saturated heterocycles. The number of non-ortho nitro benzene ring substituents is 1. The number of hydrogen-bond donors (Lipinski definition) is 0. The topological polar surface area (TPSA) is 66.7 Å². The largest absolute Gasteiger partial charge is 0.338 e. The summed E-state index contributed by atoms with van der Waals surface area (Å²) in [7, 11) is 0. The Hall–Kier alpha value is -3.97. The molecular weight excluding hydrogens is 470 g/mol. The second kappa shape index (κ2) is 10.7. The van der Waals surface area contributed by atoms with Crippen LogP contribution in [0.15, 0.2) is 91.0 Å². The van der Waals surface area contributed by atoms with E-state index >= 15 is 0 Å². The van der Waals surface area contributed by atoms with Crippen LogP contribution in [0.3, 0.4) is 0 Å². The molecule has 4 aromatic rings. The molecule has 0 aliphatic rings. The van der Waals surface area contributed by atoms with Crippen molar-refractivity contribution in [3.05, 3.63) is 112 Å². The summed E-state index contributed by atoms with van der Waals surface area (Å²) in [5.74, 6) is -0.158. The Labute approximate surface area is 215 Å². The van der Waals surface area contributed by atoms with Gasteiger partial charge in [-0.2, -0.15) is 0 Å². The van der Waals surface area contributed by atoms with E-state index in [1.54, 1.807) is 0 Å². The van der Waals surface area contributed by atoms with E-state index in [1.165, 1.54) is 35.6 Å². The van der Waals surface area contributed by atoms with Crippen LogP contribution in [-0.2, 0) is 0 Å². The Kier molecular flexibility index (Phi) is 7.50. The maximum Gasteiger partial charge on any atom is 0.269 e. The van der Waals surface area contributed by atoms with Crippen molar-refractivity contribution >= 4 is 44.9 Å². The number of anilines is 4. The van der Waals surface area contributed by atoms with Gasteiger partial charge in [-0.3, -0.25) is 14.9 Å². The summed E-state index contributed by atoms with van der Waals surface area (Å²) in [6.07, 6.45) is 0. The molecule has 3 aromatic carbocycles. The van der Waals surface area contributed by atoms with E-state index in [-0.39, 0.29) is 23.6 Å². The first-order valence-electron chi connectivity index (χ1n) is 11.9. The van der Waals surface area contributed by atoms with Crippen LogP contribution in [-0.4, -0.2) is 22.8 Å². The fourth-order valence-corrected chi connectivity index (χ4v) is 5.53. The molecule has 0 N–H and O–H groups in total. The highest BCUT2D eigenvalue weighted by atomic mass is 32.1. The van der Waals surface area contributed by atoms with Gasteiger partial charge in [0, 0.05) is 41.2 Å².